The van der Waals surface area contributed by atoms with Crippen molar-refractivity contribution in [2.75, 3.05) is 31.6 Å². The number of nitrogens with zero attached hydrogens (tertiary/aromatic N) is 1. The molecule has 2 amide bonds. The Morgan fingerprint density at radius 2 is 2.05 bits per heavy atom. The van der Waals surface area contributed by atoms with Crippen molar-refractivity contribution in [3.8, 4) is 5.75 Å². The molecule has 1 fully saturated rings. The average Bonchev–Trinajstić information content (AvgIpc) is 2.49. The molecule has 6 nitrogen and oxygen atoms in total. The minimum atomic E-state index is -1.53. The summed E-state index contributed by atoms with van der Waals surface area (Å²) in [5, 5.41) is 2.77. The summed E-state index contributed by atoms with van der Waals surface area (Å²) >= 11 is 0. The molecule has 1 aromatic rings. The molecule has 6 heteroatoms. The number of benzene rings is 1. The number of ether oxygens (including phenoxy) is 2. The van der Waals surface area contributed by atoms with Gasteiger partial charge in [0.25, 0.3) is 17.4 Å². The fraction of sp³-hybridized carbons (Fsp3) is 0.467. The summed E-state index contributed by atoms with van der Waals surface area (Å²) in [4.78, 5) is 26.6. The van der Waals surface area contributed by atoms with Gasteiger partial charge in [0.05, 0.1) is 18.9 Å². The first-order chi connectivity index (χ1) is 10.0. The van der Waals surface area contributed by atoms with Gasteiger partial charge < -0.3 is 19.7 Å². The molecule has 0 aliphatic carbocycles. The van der Waals surface area contributed by atoms with E-state index in [1.807, 2.05) is 19.1 Å². The molecule has 0 saturated carbocycles. The van der Waals surface area contributed by atoms with Gasteiger partial charge in [0, 0.05) is 13.1 Å². The Labute approximate surface area is 123 Å². The van der Waals surface area contributed by atoms with Crippen LogP contribution in [0.3, 0.4) is 0 Å². The highest BCUT2D eigenvalue weighted by Crippen LogP contribution is 2.35. The number of carbonyl (C=O) groups excluding carboxylic acids is 2. The maximum atomic E-state index is 12.6. The number of nitrogens with one attached hydrogen (secondary N) is 1. The Morgan fingerprint density at radius 3 is 2.76 bits per heavy atom. The van der Waals surface area contributed by atoms with Crippen LogP contribution in [0.1, 0.15) is 12.5 Å². The number of aryl methyl sites for hydroxylation is 1. The maximum absolute atomic E-state index is 12.6. The number of morpholine rings is 1. The predicted octanol–water partition coefficient (Wildman–Crippen LogP) is 0.943. The van der Waals surface area contributed by atoms with Crippen molar-refractivity contribution >= 4 is 17.5 Å². The second kappa shape index (κ2) is 5.04. The Balaban J connectivity index is 1.88. The Hall–Kier alpha value is -2.08. The molecule has 0 bridgehead atoms. The molecule has 0 spiro atoms. The SMILES string of the molecule is Cc1ccc2c(c1)NC(=O)[C@@](C)(C(=O)N1CCOCC1)O2. The van der Waals surface area contributed by atoms with Crippen LogP contribution in [0.2, 0.25) is 0 Å². The van der Waals surface area contributed by atoms with E-state index in [0.29, 0.717) is 37.7 Å². The van der Waals surface area contributed by atoms with Gasteiger partial charge in [0.2, 0.25) is 0 Å². The Kier molecular flexibility index (Phi) is 3.33. The fourth-order valence-electron chi connectivity index (χ4n) is 2.55. The van der Waals surface area contributed by atoms with Crippen molar-refractivity contribution in [1.82, 2.24) is 4.90 Å². The molecule has 1 aromatic carbocycles. The van der Waals surface area contributed by atoms with E-state index in [1.54, 1.807) is 11.0 Å². The Morgan fingerprint density at radius 1 is 1.33 bits per heavy atom. The highest BCUT2D eigenvalue weighted by molar-refractivity contribution is 6.15. The zero-order chi connectivity index (χ0) is 15.0. The molecule has 1 N–H and O–H groups in total. The molecule has 3 rings (SSSR count). The van der Waals surface area contributed by atoms with Gasteiger partial charge in [0.1, 0.15) is 5.75 Å². The number of anilines is 1. The van der Waals surface area contributed by atoms with Crippen molar-refractivity contribution in [3.63, 3.8) is 0 Å². The lowest BCUT2D eigenvalue weighted by Crippen LogP contribution is -2.61. The quantitative estimate of drug-likeness (QED) is 0.782. The second-order valence-electron chi connectivity index (χ2n) is 5.49. The van der Waals surface area contributed by atoms with Gasteiger partial charge in [0.15, 0.2) is 0 Å². The van der Waals surface area contributed by atoms with E-state index in [2.05, 4.69) is 5.32 Å². The summed E-state index contributed by atoms with van der Waals surface area (Å²) in [5.74, 6) is -0.240. The molecule has 1 saturated heterocycles. The van der Waals surface area contributed by atoms with E-state index in [1.165, 1.54) is 6.92 Å². The zero-order valence-electron chi connectivity index (χ0n) is 12.1. The topological polar surface area (TPSA) is 67.9 Å². The molecule has 2 aliphatic rings. The normalized spacial score (nSPS) is 24.9. The van der Waals surface area contributed by atoms with Crippen LogP contribution in [0.5, 0.6) is 5.75 Å². The number of carbonyl (C=O) groups is 2. The number of rotatable bonds is 1. The van der Waals surface area contributed by atoms with Gasteiger partial charge in [-0.3, -0.25) is 9.59 Å². The van der Waals surface area contributed by atoms with E-state index >= 15 is 0 Å². The maximum Gasteiger partial charge on any atom is 0.278 e. The summed E-state index contributed by atoms with van der Waals surface area (Å²) < 4.78 is 11.0. The molecular weight excluding hydrogens is 272 g/mol. The molecule has 1 atom stereocenters. The monoisotopic (exact) mass is 290 g/mol. The van der Waals surface area contributed by atoms with Crippen LogP contribution in [0.15, 0.2) is 18.2 Å². The van der Waals surface area contributed by atoms with Crippen LogP contribution < -0.4 is 10.1 Å². The van der Waals surface area contributed by atoms with Gasteiger partial charge in [-0.1, -0.05) is 6.07 Å². The first-order valence-corrected chi connectivity index (χ1v) is 6.99. The molecule has 2 heterocycles. The first kappa shape index (κ1) is 13.9. The minimum Gasteiger partial charge on any atom is -0.466 e. The van der Waals surface area contributed by atoms with Crippen molar-refractivity contribution in [2.45, 2.75) is 19.4 Å². The smallest absolute Gasteiger partial charge is 0.278 e. The largest absolute Gasteiger partial charge is 0.466 e. The summed E-state index contributed by atoms with van der Waals surface area (Å²) in [6.07, 6.45) is 0. The van der Waals surface area contributed by atoms with Crippen LogP contribution in [-0.4, -0.2) is 48.6 Å². The molecular formula is C15H18N2O4. The summed E-state index contributed by atoms with van der Waals surface area (Å²) in [7, 11) is 0. The molecule has 21 heavy (non-hydrogen) atoms. The zero-order valence-corrected chi connectivity index (χ0v) is 12.1. The van der Waals surface area contributed by atoms with Crippen molar-refractivity contribution < 1.29 is 19.1 Å². The van der Waals surface area contributed by atoms with Crippen LogP contribution >= 0.6 is 0 Å². The van der Waals surface area contributed by atoms with Gasteiger partial charge >= 0.3 is 0 Å². The highest BCUT2D eigenvalue weighted by atomic mass is 16.5. The van der Waals surface area contributed by atoms with Crippen LogP contribution in [-0.2, 0) is 14.3 Å². The van der Waals surface area contributed by atoms with Gasteiger partial charge in [-0.05, 0) is 31.5 Å². The summed E-state index contributed by atoms with van der Waals surface area (Å²) in [5.41, 5.74) is 0.0904. The molecule has 2 aliphatic heterocycles. The predicted molar refractivity (Wildman–Crippen MR) is 76.2 cm³/mol. The highest BCUT2D eigenvalue weighted by Gasteiger charge is 2.49. The standard InChI is InChI=1S/C15H18N2O4/c1-10-3-4-12-11(9-10)16-13(18)15(2,21-12)14(19)17-5-7-20-8-6-17/h3-4,9H,5-8H2,1-2H3,(H,16,18)/t15-/m0/s1. The third-order valence-corrected chi connectivity index (χ3v) is 3.84. The van der Waals surface area contributed by atoms with Crippen molar-refractivity contribution in [3.05, 3.63) is 23.8 Å². The van der Waals surface area contributed by atoms with Gasteiger partial charge in [-0.25, -0.2) is 0 Å². The van der Waals surface area contributed by atoms with Gasteiger partial charge in [-0.15, -0.1) is 0 Å². The lowest BCUT2D eigenvalue weighted by molar-refractivity contribution is -0.157. The molecule has 0 radical (unpaired) electrons. The lowest BCUT2D eigenvalue weighted by Gasteiger charge is -2.38. The number of amides is 2. The lowest BCUT2D eigenvalue weighted by atomic mass is 10.00. The second-order valence-corrected chi connectivity index (χ2v) is 5.49. The van der Waals surface area contributed by atoms with Crippen LogP contribution in [0.25, 0.3) is 0 Å². The third kappa shape index (κ3) is 2.35. The van der Waals surface area contributed by atoms with E-state index in [4.69, 9.17) is 9.47 Å². The van der Waals surface area contributed by atoms with E-state index in [9.17, 15) is 9.59 Å². The molecule has 0 unspecified atom stereocenters. The third-order valence-electron chi connectivity index (χ3n) is 3.84. The van der Waals surface area contributed by atoms with Gasteiger partial charge in [-0.2, -0.15) is 0 Å². The number of hydrogen-bond donors (Lipinski definition) is 1. The molecule has 112 valence electrons. The van der Waals surface area contributed by atoms with Crippen LogP contribution in [0.4, 0.5) is 5.69 Å². The van der Waals surface area contributed by atoms with E-state index in [-0.39, 0.29) is 5.91 Å². The first-order valence-electron chi connectivity index (χ1n) is 6.99. The molecule has 0 aromatic heterocycles. The van der Waals surface area contributed by atoms with Crippen molar-refractivity contribution in [2.24, 2.45) is 0 Å². The van der Waals surface area contributed by atoms with Crippen LogP contribution in [0, 0.1) is 6.92 Å². The minimum absolute atomic E-state index is 0.325. The number of fused-ring (bicyclic) bond motifs is 1. The summed E-state index contributed by atoms with van der Waals surface area (Å²) in [6.45, 7) is 5.37. The average molecular weight is 290 g/mol. The fourth-order valence-corrected chi connectivity index (χ4v) is 2.55. The van der Waals surface area contributed by atoms with E-state index in [0.717, 1.165) is 5.56 Å². The number of hydrogen-bond acceptors (Lipinski definition) is 4. The van der Waals surface area contributed by atoms with E-state index < -0.39 is 11.5 Å². The summed E-state index contributed by atoms with van der Waals surface area (Å²) in [6, 6.07) is 5.48. The van der Waals surface area contributed by atoms with Crippen molar-refractivity contribution in [1.29, 1.82) is 0 Å². The Bertz CT molecular complexity index is 595.